The number of ether oxygens (including phenoxy) is 3. The lowest BCUT2D eigenvalue weighted by molar-refractivity contribution is -0.179. The molecule has 2 saturated heterocycles. The van der Waals surface area contributed by atoms with Gasteiger partial charge in [-0.3, -0.25) is 14.4 Å². The number of carbonyl (C=O) groups is 3. The number of epoxide rings is 1. The van der Waals surface area contributed by atoms with E-state index in [9.17, 15) is 19.5 Å². The molecule has 9 atom stereocenters. The predicted octanol–water partition coefficient (Wildman–Crippen LogP) is 2.10. The van der Waals surface area contributed by atoms with Crippen molar-refractivity contribution in [2.45, 2.75) is 82.2 Å². The van der Waals surface area contributed by atoms with E-state index in [0.29, 0.717) is 31.3 Å². The summed E-state index contributed by atoms with van der Waals surface area (Å²) in [4.78, 5) is 37.5. The molecule has 0 aromatic heterocycles. The number of methoxy groups -OCH3 is 1. The van der Waals surface area contributed by atoms with Crippen LogP contribution < -0.4 is 0 Å². The molecule has 0 aromatic rings. The Bertz CT molecular complexity index is 940. The fourth-order valence-electron chi connectivity index (χ4n) is 8.74. The van der Waals surface area contributed by atoms with Crippen molar-refractivity contribution in [3.05, 3.63) is 11.6 Å². The third-order valence-electron chi connectivity index (χ3n) is 10.3. The van der Waals surface area contributed by atoms with E-state index in [-0.39, 0.29) is 35.1 Å². The summed E-state index contributed by atoms with van der Waals surface area (Å²) in [5, 5.41) is 11.5. The molecule has 5 fully saturated rings. The lowest BCUT2D eigenvalue weighted by Gasteiger charge is -2.59. The van der Waals surface area contributed by atoms with Crippen LogP contribution in [0.2, 0.25) is 0 Å². The first kappa shape index (κ1) is 19.9. The summed E-state index contributed by atoms with van der Waals surface area (Å²) >= 11 is 0. The quantitative estimate of drug-likeness (QED) is 0.502. The Kier molecular flexibility index (Phi) is 3.72. The summed E-state index contributed by atoms with van der Waals surface area (Å²) in [6, 6.07) is 0. The number of esters is 2. The Morgan fingerprint density at radius 2 is 1.97 bits per heavy atom. The molecule has 6 rings (SSSR count). The molecule has 1 N–H and O–H groups in total. The molecule has 7 heteroatoms. The molecule has 2 heterocycles. The lowest BCUT2D eigenvalue weighted by Crippen LogP contribution is -2.66. The zero-order chi connectivity index (χ0) is 22.0. The van der Waals surface area contributed by atoms with Crippen LogP contribution in [0, 0.1) is 28.6 Å². The molecule has 168 valence electrons. The van der Waals surface area contributed by atoms with Crippen LogP contribution in [0.1, 0.15) is 58.8 Å². The number of aliphatic hydroxyl groups excluding tert-OH is 1. The number of aliphatic hydroxyl groups is 1. The van der Waals surface area contributed by atoms with E-state index >= 15 is 0 Å². The van der Waals surface area contributed by atoms with E-state index in [4.69, 9.17) is 14.2 Å². The van der Waals surface area contributed by atoms with Gasteiger partial charge in [-0.05, 0) is 49.7 Å². The van der Waals surface area contributed by atoms with E-state index in [1.54, 1.807) is 6.08 Å². The summed E-state index contributed by atoms with van der Waals surface area (Å²) in [5.41, 5.74) is -1.29. The van der Waals surface area contributed by atoms with Crippen molar-refractivity contribution in [3.63, 3.8) is 0 Å². The van der Waals surface area contributed by atoms with E-state index in [1.807, 2.05) is 0 Å². The Labute approximate surface area is 181 Å². The van der Waals surface area contributed by atoms with Crippen molar-refractivity contribution in [2.24, 2.45) is 28.6 Å². The molecule has 0 amide bonds. The van der Waals surface area contributed by atoms with Gasteiger partial charge in [0.15, 0.2) is 5.78 Å². The maximum Gasteiger partial charge on any atom is 0.312 e. The van der Waals surface area contributed by atoms with Crippen LogP contribution in [0.25, 0.3) is 0 Å². The van der Waals surface area contributed by atoms with E-state index in [1.165, 1.54) is 7.11 Å². The first-order valence-corrected chi connectivity index (χ1v) is 11.5. The fourth-order valence-corrected chi connectivity index (χ4v) is 8.74. The van der Waals surface area contributed by atoms with Crippen molar-refractivity contribution in [2.75, 3.05) is 7.11 Å². The van der Waals surface area contributed by atoms with Crippen LogP contribution in [-0.2, 0) is 28.6 Å². The third kappa shape index (κ3) is 2.06. The highest BCUT2D eigenvalue weighted by atomic mass is 16.6. The number of hydrogen-bond donors (Lipinski definition) is 1. The predicted molar refractivity (Wildman–Crippen MR) is 107 cm³/mol. The van der Waals surface area contributed by atoms with Crippen LogP contribution in [-0.4, -0.2) is 53.3 Å². The minimum Gasteiger partial charge on any atom is -0.469 e. The summed E-state index contributed by atoms with van der Waals surface area (Å²) in [6.07, 6.45) is 4.91. The van der Waals surface area contributed by atoms with E-state index < -0.39 is 34.6 Å². The highest BCUT2D eigenvalue weighted by Gasteiger charge is 2.84. The van der Waals surface area contributed by atoms with Crippen molar-refractivity contribution in [1.29, 1.82) is 0 Å². The van der Waals surface area contributed by atoms with Gasteiger partial charge in [0.1, 0.15) is 11.2 Å². The second-order valence-corrected chi connectivity index (χ2v) is 11.1. The fraction of sp³-hybridized carbons (Fsp3) is 0.792. The van der Waals surface area contributed by atoms with Crippen LogP contribution in [0.5, 0.6) is 0 Å². The van der Waals surface area contributed by atoms with Gasteiger partial charge in [0.05, 0.1) is 25.2 Å². The summed E-state index contributed by atoms with van der Waals surface area (Å²) in [6.45, 7) is 4.28. The van der Waals surface area contributed by atoms with Crippen LogP contribution >= 0.6 is 0 Å². The molecule has 7 nitrogen and oxygen atoms in total. The number of carbonyl (C=O) groups excluding carboxylic acids is 3. The smallest absolute Gasteiger partial charge is 0.312 e. The minimum atomic E-state index is -1.08. The normalized spacial score (nSPS) is 54.3. The monoisotopic (exact) mass is 430 g/mol. The number of ketones is 1. The van der Waals surface area contributed by atoms with Gasteiger partial charge in [0.25, 0.3) is 0 Å². The molecule has 3 saturated carbocycles. The standard InChI is InChI=1S/C24H30O7/c1-21-7-4-12(25)10-14(21)19(27)17(20(28)29-3)18-13-5-8-23(9-6-16(26)31-23)22(13,2)11-15-24(18,21)30-15/h10,13,15,17-19,27H,4-9,11H2,1-3H3/t13-,15?,17-,18+,19-,21-,22-,23+,24?/m0/s1. The summed E-state index contributed by atoms with van der Waals surface area (Å²) in [7, 11) is 1.35. The van der Waals surface area contributed by atoms with Gasteiger partial charge >= 0.3 is 11.9 Å². The topological polar surface area (TPSA) is 102 Å². The second kappa shape index (κ2) is 5.79. The van der Waals surface area contributed by atoms with Gasteiger partial charge in [-0.2, -0.15) is 0 Å². The number of hydrogen-bond acceptors (Lipinski definition) is 7. The molecule has 0 aromatic carbocycles. The van der Waals surface area contributed by atoms with Crippen LogP contribution in [0.3, 0.4) is 0 Å². The maximum absolute atomic E-state index is 13.1. The van der Waals surface area contributed by atoms with Crippen molar-refractivity contribution in [1.82, 2.24) is 0 Å². The summed E-state index contributed by atoms with van der Waals surface area (Å²) in [5.74, 6) is -1.59. The Morgan fingerprint density at radius 3 is 2.65 bits per heavy atom. The lowest BCUT2D eigenvalue weighted by atomic mass is 9.43. The molecule has 0 bridgehead atoms. The van der Waals surface area contributed by atoms with Crippen molar-refractivity contribution < 1.29 is 33.7 Å². The molecular weight excluding hydrogens is 400 g/mol. The van der Waals surface area contributed by atoms with Gasteiger partial charge in [-0.25, -0.2) is 0 Å². The van der Waals surface area contributed by atoms with Crippen molar-refractivity contribution in [3.8, 4) is 0 Å². The number of rotatable bonds is 1. The molecule has 0 radical (unpaired) electrons. The average Bonchev–Trinajstić information content (AvgIpc) is 3.23. The molecule has 4 aliphatic carbocycles. The zero-order valence-corrected chi connectivity index (χ0v) is 18.3. The Balaban J connectivity index is 1.52. The number of fused-ring (bicyclic) bond motifs is 4. The molecule has 6 aliphatic rings. The average molecular weight is 430 g/mol. The zero-order valence-electron chi connectivity index (χ0n) is 18.3. The van der Waals surface area contributed by atoms with Gasteiger partial charge in [0, 0.05) is 29.6 Å². The van der Waals surface area contributed by atoms with Crippen molar-refractivity contribution >= 4 is 17.7 Å². The highest BCUT2D eigenvalue weighted by molar-refractivity contribution is 5.92. The first-order chi connectivity index (χ1) is 14.6. The highest BCUT2D eigenvalue weighted by Crippen LogP contribution is 2.78. The molecule has 2 unspecified atom stereocenters. The van der Waals surface area contributed by atoms with Crippen LogP contribution in [0.4, 0.5) is 0 Å². The SMILES string of the molecule is COC(=O)[C@H]1[C@H]2[C@@H]3CC[C@@]4(CCC(=O)O4)[C@@]3(C)CC3OC32[C@@]2(C)CCC(=O)C=C2[C@@H]1O. The van der Waals surface area contributed by atoms with E-state index in [0.717, 1.165) is 19.3 Å². The molecule has 2 spiro atoms. The van der Waals surface area contributed by atoms with Crippen LogP contribution in [0.15, 0.2) is 11.6 Å². The van der Waals surface area contributed by atoms with E-state index in [2.05, 4.69) is 13.8 Å². The third-order valence-corrected chi connectivity index (χ3v) is 10.3. The summed E-state index contributed by atoms with van der Waals surface area (Å²) < 4.78 is 17.7. The largest absolute Gasteiger partial charge is 0.469 e. The molecule has 31 heavy (non-hydrogen) atoms. The Morgan fingerprint density at radius 1 is 1.19 bits per heavy atom. The molecule has 2 aliphatic heterocycles. The minimum absolute atomic E-state index is 0.0134. The van der Waals surface area contributed by atoms with Gasteiger partial charge in [0.2, 0.25) is 0 Å². The van der Waals surface area contributed by atoms with Gasteiger partial charge in [-0.1, -0.05) is 13.8 Å². The van der Waals surface area contributed by atoms with Gasteiger partial charge in [-0.15, -0.1) is 0 Å². The second-order valence-electron chi connectivity index (χ2n) is 11.1. The maximum atomic E-state index is 13.1. The van der Waals surface area contributed by atoms with Gasteiger partial charge < -0.3 is 19.3 Å². The Hall–Kier alpha value is -1.73. The first-order valence-electron chi connectivity index (χ1n) is 11.5. The molecular formula is C24H30O7.